The van der Waals surface area contributed by atoms with Gasteiger partial charge in [-0.25, -0.2) is 0 Å². The van der Waals surface area contributed by atoms with Gasteiger partial charge in [0.05, 0.1) is 13.3 Å². The zero-order valence-electron chi connectivity index (χ0n) is 12.3. The molecule has 0 aliphatic heterocycles. The normalized spacial score (nSPS) is 10.8. The monoisotopic (exact) mass is 295 g/mol. The molecule has 0 saturated heterocycles. The van der Waals surface area contributed by atoms with Gasteiger partial charge >= 0.3 is 0 Å². The third-order valence-corrected chi connectivity index (χ3v) is 3.60. The molecule has 0 bridgehead atoms. The first-order valence-electron chi connectivity index (χ1n) is 7.35. The Morgan fingerprint density at radius 2 is 1.50 bits per heavy atom. The molecular formula is C19H18FNO. The van der Waals surface area contributed by atoms with Gasteiger partial charge in [0.2, 0.25) is 0 Å². The van der Waals surface area contributed by atoms with Crippen molar-refractivity contribution in [1.82, 2.24) is 0 Å². The van der Waals surface area contributed by atoms with Crippen molar-refractivity contribution in [1.29, 1.82) is 0 Å². The van der Waals surface area contributed by atoms with Gasteiger partial charge in [0.25, 0.3) is 0 Å². The Bertz CT molecular complexity index is 768. The summed E-state index contributed by atoms with van der Waals surface area (Å²) in [5, 5.41) is 2.25. The number of nitrogens with two attached hydrogens (primary N) is 1. The first kappa shape index (κ1) is 14.4. The smallest absolute Gasteiger partial charge is 0.119 e. The van der Waals surface area contributed by atoms with E-state index in [1.165, 1.54) is 0 Å². The van der Waals surface area contributed by atoms with Crippen LogP contribution in [0.5, 0.6) is 5.75 Å². The molecule has 0 aromatic heterocycles. The summed E-state index contributed by atoms with van der Waals surface area (Å²) in [4.78, 5) is 0. The fraction of sp³-hybridized carbons (Fsp3) is 0.158. The van der Waals surface area contributed by atoms with E-state index in [-0.39, 0.29) is 6.67 Å². The molecule has 0 spiro atoms. The second kappa shape index (κ2) is 6.48. The van der Waals surface area contributed by atoms with Crippen molar-refractivity contribution in [2.24, 2.45) is 0 Å². The topological polar surface area (TPSA) is 35.2 Å². The maximum absolute atomic E-state index is 12.1. The van der Waals surface area contributed by atoms with Crippen LogP contribution in [0.15, 0.2) is 60.7 Å². The zero-order valence-corrected chi connectivity index (χ0v) is 12.3. The van der Waals surface area contributed by atoms with Gasteiger partial charge in [0, 0.05) is 12.1 Å². The summed E-state index contributed by atoms with van der Waals surface area (Å²) in [5.74, 6) is 0.779. The Hall–Kier alpha value is -2.55. The van der Waals surface area contributed by atoms with Crippen LogP contribution < -0.4 is 10.5 Å². The van der Waals surface area contributed by atoms with Crippen molar-refractivity contribution in [3.8, 4) is 16.9 Å². The van der Waals surface area contributed by atoms with E-state index in [2.05, 4.69) is 18.2 Å². The van der Waals surface area contributed by atoms with E-state index in [4.69, 9.17) is 10.5 Å². The summed E-state index contributed by atoms with van der Waals surface area (Å²) in [6.07, 6.45) is 0.425. The van der Waals surface area contributed by atoms with Crippen molar-refractivity contribution in [3.05, 3.63) is 60.7 Å². The largest absolute Gasteiger partial charge is 0.493 e. The molecule has 112 valence electrons. The van der Waals surface area contributed by atoms with E-state index in [1.807, 2.05) is 42.5 Å². The molecular weight excluding hydrogens is 277 g/mol. The minimum absolute atomic E-state index is 0.349. The molecule has 22 heavy (non-hydrogen) atoms. The summed E-state index contributed by atoms with van der Waals surface area (Å²) in [6.45, 7) is 0.0596. The number of hydrogen-bond acceptors (Lipinski definition) is 2. The number of alkyl halides is 1. The van der Waals surface area contributed by atoms with Crippen LogP contribution in [0.1, 0.15) is 6.42 Å². The van der Waals surface area contributed by atoms with Gasteiger partial charge in [-0.1, -0.05) is 30.3 Å². The Balaban J connectivity index is 1.87. The summed E-state index contributed by atoms with van der Waals surface area (Å²) in [7, 11) is 0. The van der Waals surface area contributed by atoms with Crippen LogP contribution in [0.3, 0.4) is 0 Å². The van der Waals surface area contributed by atoms with Crippen molar-refractivity contribution in [2.75, 3.05) is 19.0 Å². The van der Waals surface area contributed by atoms with Crippen molar-refractivity contribution in [2.45, 2.75) is 6.42 Å². The molecule has 0 radical (unpaired) electrons. The maximum Gasteiger partial charge on any atom is 0.119 e. The minimum Gasteiger partial charge on any atom is -0.493 e. The fourth-order valence-electron chi connectivity index (χ4n) is 2.41. The predicted molar refractivity (Wildman–Crippen MR) is 89.9 cm³/mol. The van der Waals surface area contributed by atoms with Crippen molar-refractivity contribution >= 4 is 16.5 Å². The van der Waals surface area contributed by atoms with E-state index in [0.29, 0.717) is 13.0 Å². The lowest BCUT2D eigenvalue weighted by molar-refractivity contribution is 0.290. The lowest BCUT2D eigenvalue weighted by Gasteiger charge is -2.08. The highest BCUT2D eigenvalue weighted by Gasteiger charge is 2.02. The highest BCUT2D eigenvalue weighted by molar-refractivity contribution is 5.88. The Morgan fingerprint density at radius 3 is 2.27 bits per heavy atom. The molecule has 2 nitrogen and oxygen atoms in total. The average Bonchev–Trinajstić information content (AvgIpc) is 2.55. The van der Waals surface area contributed by atoms with Gasteiger partial charge in [0.15, 0.2) is 0 Å². The van der Waals surface area contributed by atoms with Crippen molar-refractivity contribution < 1.29 is 9.13 Å². The Labute approximate surface area is 129 Å². The van der Waals surface area contributed by atoms with Crippen LogP contribution in [-0.4, -0.2) is 13.3 Å². The summed E-state index contributed by atoms with van der Waals surface area (Å²) >= 11 is 0. The zero-order chi connectivity index (χ0) is 15.4. The van der Waals surface area contributed by atoms with E-state index in [1.54, 1.807) is 0 Å². The van der Waals surface area contributed by atoms with Crippen LogP contribution in [0, 0.1) is 0 Å². The van der Waals surface area contributed by atoms with E-state index < -0.39 is 0 Å². The van der Waals surface area contributed by atoms with E-state index in [9.17, 15) is 4.39 Å². The maximum atomic E-state index is 12.1. The standard InChI is InChI=1S/C19H18FNO/c20-10-1-11-22-19-9-6-16-12-15(2-3-17(16)13-19)14-4-7-18(21)8-5-14/h2-9,12-13H,1,10-11,21H2. The van der Waals surface area contributed by atoms with E-state index >= 15 is 0 Å². The van der Waals surface area contributed by atoms with Crippen LogP contribution in [-0.2, 0) is 0 Å². The SMILES string of the molecule is Nc1ccc(-c2ccc3cc(OCCCF)ccc3c2)cc1. The van der Waals surface area contributed by atoms with Gasteiger partial charge in [-0.05, 0) is 52.2 Å². The molecule has 0 atom stereocenters. The number of nitrogen functional groups attached to an aromatic ring is 1. The molecule has 0 aliphatic carbocycles. The molecule has 3 heteroatoms. The van der Waals surface area contributed by atoms with E-state index in [0.717, 1.165) is 33.3 Å². The molecule has 0 aliphatic rings. The predicted octanol–water partition coefficient (Wildman–Crippen LogP) is 4.83. The second-order valence-corrected chi connectivity index (χ2v) is 5.24. The van der Waals surface area contributed by atoms with Gasteiger partial charge in [0.1, 0.15) is 5.75 Å². The number of ether oxygens (including phenoxy) is 1. The third kappa shape index (κ3) is 3.19. The summed E-state index contributed by atoms with van der Waals surface area (Å²) in [5.41, 5.74) is 8.78. The first-order valence-corrected chi connectivity index (χ1v) is 7.35. The average molecular weight is 295 g/mol. The number of hydrogen-bond donors (Lipinski definition) is 1. The van der Waals surface area contributed by atoms with Gasteiger partial charge in [-0.2, -0.15) is 0 Å². The summed E-state index contributed by atoms with van der Waals surface area (Å²) < 4.78 is 17.6. The molecule has 3 aromatic rings. The fourth-order valence-corrected chi connectivity index (χ4v) is 2.41. The Kier molecular flexibility index (Phi) is 4.24. The van der Waals surface area contributed by atoms with Gasteiger partial charge in [-0.15, -0.1) is 0 Å². The van der Waals surface area contributed by atoms with Crippen LogP contribution in [0.4, 0.5) is 10.1 Å². The molecule has 0 amide bonds. The minimum atomic E-state index is -0.349. The molecule has 3 aromatic carbocycles. The first-order chi connectivity index (χ1) is 10.8. The highest BCUT2D eigenvalue weighted by atomic mass is 19.1. The number of rotatable bonds is 5. The number of fused-ring (bicyclic) bond motifs is 1. The molecule has 0 fully saturated rings. The highest BCUT2D eigenvalue weighted by Crippen LogP contribution is 2.27. The number of halogens is 1. The summed E-state index contributed by atoms with van der Waals surface area (Å²) in [6, 6.07) is 20.1. The van der Waals surface area contributed by atoms with Crippen molar-refractivity contribution in [3.63, 3.8) is 0 Å². The second-order valence-electron chi connectivity index (χ2n) is 5.24. The number of anilines is 1. The molecule has 3 rings (SSSR count). The van der Waals surface area contributed by atoms with Crippen LogP contribution in [0.2, 0.25) is 0 Å². The van der Waals surface area contributed by atoms with Gasteiger partial charge in [-0.3, -0.25) is 4.39 Å². The van der Waals surface area contributed by atoms with Gasteiger partial charge < -0.3 is 10.5 Å². The molecule has 2 N–H and O–H groups in total. The number of benzene rings is 3. The third-order valence-electron chi connectivity index (χ3n) is 3.60. The lowest BCUT2D eigenvalue weighted by atomic mass is 10.0. The Morgan fingerprint density at radius 1 is 0.818 bits per heavy atom. The molecule has 0 saturated carbocycles. The van der Waals surface area contributed by atoms with Crippen LogP contribution >= 0.6 is 0 Å². The quantitative estimate of drug-likeness (QED) is 0.540. The lowest BCUT2D eigenvalue weighted by Crippen LogP contribution is -1.97. The van der Waals surface area contributed by atoms with Crippen LogP contribution in [0.25, 0.3) is 21.9 Å². The molecule has 0 unspecified atom stereocenters. The molecule has 0 heterocycles.